The lowest BCUT2D eigenvalue weighted by Crippen LogP contribution is -2.33. The topological polar surface area (TPSA) is 125 Å². The van der Waals surface area contributed by atoms with E-state index in [0.29, 0.717) is 17.7 Å². The van der Waals surface area contributed by atoms with Gasteiger partial charge in [0.25, 0.3) is 5.56 Å². The van der Waals surface area contributed by atoms with E-state index in [-0.39, 0.29) is 22.1 Å². The summed E-state index contributed by atoms with van der Waals surface area (Å²) in [5.74, 6) is 1.01. The lowest BCUT2D eigenvalue weighted by atomic mass is 9.97. The predicted molar refractivity (Wildman–Crippen MR) is 164 cm³/mol. The molecule has 1 saturated heterocycles. The molecule has 1 aliphatic rings. The van der Waals surface area contributed by atoms with Crippen LogP contribution in [0.1, 0.15) is 35.2 Å². The van der Waals surface area contributed by atoms with Gasteiger partial charge in [0.15, 0.2) is 5.78 Å². The van der Waals surface area contributed by atoms with Crippen molar-refractivity contribution in [3.8, 4) is 27.7 Å². The summed E-state index contributed by atoms with van der Waals surface area (Å²) in [6.07, 6.45) is 4.60. The summed E-state index contributed by atoms with van der Waals surface area (Å²) in [5, 5.41) is 20.4. The number of rotatable bonds is 7. The number of ketones is 1. The number of thiophene rings is 1. The van der Waals surface area contributed by atoms with Gasteiger partial charge in [0.1, 0.15) is 23.9 Å². The van der Waals surface area contributed by atoms with Crippen LogP contribution in [0.5, 0.6) is 17.2 Å². The van der Waals surface area contributed by atoms with Gasteiger partial charge in [0.2, 0.25) is 0 Å². The second kappa shape index (κ2) is 13.5. The first-order valence-corrected chi connectivity index (χ1v) is 14.6. The van der Waals surface area contributed by atoms with Crippen molar-refractivity contribution in [2.75, 3.05) is 26.2 Å². The number of aromatic hydroxyl groups is 2. The first-order valence-electron chi connectivity index (χ1n) is 13.8. The minimum absolute atomic E-state index is 0.0834. The molecular weight excluding hydrogens is 573 g/mol. The molecule has 0 aliphatic carbocycles. The molecule has 0 radical (unpaired) electrons. The van der Waals surface area contributed by atoms with Crippen LogP contribution in [0.15, 0.2) is 88.6 Å². The number of aromatic amines is 1. The Labute approximate surface area is 250 Å². The number of phenolic OH excluding ortho intramolecular Hbond substituents is 2. The number of halogens is 1. The van der Waals surface area contributed by atoms with Gasteiger partial charge in [0, 0.05) is 44.9 Å². The summed E-state index contributed by atoms with van der Waals surface area (Å²) in [5.41, 5.74) is 0.372. The molecule has 3 aromatic carbocycles. The fraction of sp³-hybridized carbons (Fsp3) is 0.219. The van der Waals surface area contributed by atoms with E-state index in [1.807, 2.05) is 24.3 Å². The van der Waals surface area contributed by atoms with E-state index in [0.717, 1.165) is 58.2 Å². The van der Waals surface area contributed by atoms with Gasteiger partial charge in [-0.1, -0.05) is 10.9 Å². The van der Waals surface area contributed by atoms with Crippen molar-refractivity contribution in [3.05, 3.63) is 111 Å². The Morgan fingerprint density at radius 1 is 0.907 bits per heavy atom. The number of piperidine rings is 1. The number of likely N-dealkylation sites (tertiary alicyclic amines) is 1. The maximum absolute atomic E-state index is 13.6. The summed E-state index contributed by atoms with van der Waals surface area (Å²) in [7, 11) is 0. The van der Waals surface area contributed by atoms with Crippen molar-refractivity contribution < 1.29 is 24.2 Å². The van der Waals surface area contributed by atoms with Crippen molar-refractivity contribution in [3.63, 3.8) is 0 Å². The van der Waals surface area contributed by atoms with E-state index < -0.39 is 11.2 Å². The maximum atomic E-state index is 13.6. The van der Waals surface area contributed by atoms with Crippen molar-refractivity contribution in [1.82, 2.24) is 14.7 Å². The van der Waals surface area contributed by atoms with Gasteiger partial charge in [-0.25, -0.2) is 4.79 Å². The van der Waals surface area contributed by atoms with E-state index in [1.54, 1.807) is 47.4 Å². The average molecular weight is 604 g/mol. The summed E-state index contributed by atoms with van der Waals surface area (Å²) >= 11 is 1.46. The number of ether oxygens (including phenoxy) is 1. The third-order valence-corrected chi connectivity index (χ3v) is 8.25. The Morgan fingerprint density at radius 3 is 2.28 bits per heavy atom. The first kappa shape index (κ1) is 29.7. The molecule has 0 amide bonds. The molecule has 9 nitrogen and oxygen atoms in total. The number of nitrogens with zero attached hydrogens (tertiary/aromatic N) is 2. The van der Waals surface area contributed by atoms with Crippen LogP contribution in [-0.4, -0.2) is 56.9 Å². The van der Waals surface area contributed by atoms with E-state index in [1.165, 1.54) is 30.6 Å². The molecule has 11 heteroatoms. The van der Waals surface area contributed by atoms with Crippen LogP contribution in [0.4, 0.5) is 4.48 Å². The van der Waals surface area contributed by atoms with E-state index in [9.17, 15) is 29.1 Å². The highest BCUT2D eigenvalue weighted by Crippen LogP contribution is 2.41. The van der Waals surface area contributed by atoms with E-state index in [4.69, 9.17) is 4.74 Å². The SMILES string of the molecule is O=C(c1ccc(OCCN2CCCCC2)cc1)c1c(-c2ccc(O)cc2)sc2cc(O)ccc12.O=c1ccn(F)c(=O)[nH]1. The normalized spacial score (nSPS) is 13.3. The zero-order valence-electron chi connectivity index (χ0n) is 23.2. The predicted octanol–water partition coefficient (Wildman–Crippen LogP) is 5.34. The van der Waals surface area contributed by atoms with Crippen molar-refractivity contribution in [2.45, 2.75) is 19.3 Å². The van der Waals surface area contributed by atoms with Gasteiger partial charge >= 0.3 is 5.69 Å². The number of benzene rings is 3. The highest BCUT2D eigenvalue weighted by molar-refractivity contribution is 7.22. The Bertz CT molecular complexity index is 1820. The number of carbonyl (C=O) groups is 1. The van der Waals surface area contributed by atoms with E-state index in [2.05, 4.69) is 4.90 Å². The molecule has 222 valence electrons. The lowest BCUT2D eigenvalue weighted by Gasteiger charge is -2.26. The fourth-order valence-corrected chi connectivity index (χ4v) is 6.09. The van der Waals surface area contributed by atoms with Crippen LogP contribution in [-0.2, 0) is 0 Å². The maximum Gasteiger partial charge on any atom is 0.356 e. The number of phenols is 2. The third-order valence-electron chi connectivity index (χ3n) is 7.05. The number of hydrogen-bond acceptors (Lipinski definition) is 8. The smallest absolute Gasteiger partial charge is 0.356 e. The molecule has 1 aliphatic heterocycles. The molecule has 3 N–H and O–H groups in total. The number of nitrogens with one attached hydrogen (secondary N) is 1. The van der Waals surface area contributed by atoms with Gasteiger partial charge in [-0.2, -0.15) is 0 Å². The van der Waals surface area contributed by atoms with Gasteiger partial charge in [-0.3, -0.25) is 19.5 Å². The van der Waals surface area contributed by atoms with Gasteiger partial charge in [0.05, 0.1) is 0 Å². The molecular formula is C32H30FN3O6S. The highest BCUT2D eigenvalue weighted by atomic mass is 32.1. The number of hydrogen-bond donors (Lipinski definition) is 3. The number of aromatic nitrogens is 2. The monoisotopic (exact) mass is 603 g/mol. The Kier molecular flexibility index (Phi) is 9.33. The second-order valence-electron chi connectivity index (χ2n) is 10.1. The molecule has 0 atom stereocenters. The molecule has 0 bridgehead atoms. The standard InChI is InChI=1S/C28H27NO4S.C4H3FN2O2/c30-21-8-4-20(5-9-21)28-26(24-13-10-22(31)18-25(24)34-28)27(32)19-6-11-23(12-7-19)33-17-16-29-14-2-1-3-15-29;5-7-2-1-3(8)6-4(7)9/h4-13,18,30-31H,1-3,14-17H2;1-2H,(H,6,8,9). The van der Waals surface area contributed by atoms with Crippen LogP contribution in [0.3, 0.4) is 0 Å². The minimum atomic E-state index is -1.05. The van der Waals surface area contributed by atoms with Gasteiger partial charge < -0.3 is 14.9 Å². The summed E-state index contributed by atoms with van der Waals surface area (Å²) in [6.45, 7) is 3.85. The first-order chi connectivity index (χ1) is 20.8. The number of H-pyrrole nitrogens is 1. The van der Waals surface area contributed by atoms with Gasteiger partial charge in [-0.05, 0) is 98.2 Å². The molecule has 0 unspecified atom stereocenters. The molecule has 3 heterocycles. The van der Waals surface area contributed by atoms with Crippen molar-refractivity contribution in [1.29, 1.82) is 0 Å². The average Bonchev–Trinajstić information content (AvgIpc) is 3.39. The molecule has 0 saturated carbocycles. The molecule has 0 spiro atoms. The summed E-state index contributed by atoms with van der Waals surface area (Å²) in [4.78, 5) is 38.8. The molecule has 2 aromatic heterocycles. The van der Waals surface area contributed by atoms with Crippen molar-refractivity contribution in [2.24, 2.45) is 0 Å². The molecule has 43 heavy (non-hydrogen) atoms. The van der Waals surface area contributed by atoms with Crippen LogP contribution in [0, 0.1) is 0 Å². The quantitative estimate of drug-likeness (QED) is 0.214. The number of carbonyl (C=O) groups excluding carboxylic acids is 1. The lowest BCUT2D eigenvalue weighted by molar-refractivity contribution is 0.104. The Balaban J connectivity index is 0.000000351. The van der Waals surface area contributed by atoms with Gasteiger partial charge in [-0.15, -0.1) is 16.1 Å². The molecule has 6 rings (SSSR count). The minimum Gasteiger partial charge on any atom is -0.508 e. The Morgan fingerprint density at radius 2 is 1.60 bits per heavy atom. The zero-order valence-corrected chi connectivity index (χ0v) is 24.0. The van der Waals surface area contributed by atoms with E-state index >= 15 is 0 Å². The highest BCUT2D eigenvalue weighted by Gasteiger charge is 2.22. The van der Waals surface area contributed by atoms with Crippen LogP contribution < -0.4 is 16.0 Å². The van der Waals surface area contributed by atoms with Crippen molar-refractivity contribution >= 4 is 27.2 Å². The zero-order chi connectivity index (χ0) is 30.3. The third kappa shape index (κ3) is 7.37. The largest absolute Gasteiger partial charge is 0.508 e. The van der Waals surface area contributed by atoms with Crippen LogP contribution >= 0.6 is 11.3 Å². The summed E-state index contributed by atoms with van der Waals surface area (Å²) < 4.78 is 18.7. The summed E-state index contributed by atoms with van der Waals surface area (Å²) in [6, 6.07) is 20.1. The molecule has 1 fully saturated rings. The molecule has 5 aromatic rings. The van der Waals surface area contributed by atoms with Crippen LogP contribution in [0.2, 0.25) is 0 Å². The fourth-order valence-electron chi connectivity index (χ4n) is 4.85. The number of fused-ring (bicyclic) bond motifs is 1. The Hall–Kier alpha value is -4.74. The van der Waals surface area contributed by atoms with Crippen LogP contribution in [0.25, 0.3) is 20.5 Å². The second-order valence-corrected chi connectivity index (χ2v) is 11.1.